The molecule has 1 rings (SSSR count). The van der Waals surface area contributed by atoms with E-state index in [0.717, 1.165) is 36.6 Å². The average molecular weight is 284 g/mol. The van der Waals surface area contributed by atoms with Crippen molar-refractivity contribution in [3.8, 4) is 0 Å². The van der Waals surface area contributed by atoms with E-state index in [0.29, 0.717) is 12.0 Å². The van der Waals surface area contributed by atoms with E-state index in [1.807, 2.05) is 6.92 Å². The summed E-state index contributed by atoms with van der Waals surface area (Å²) in [5.41, 5.74) is 2.40. The molecule has 0 aliphatic carbocycles. The first kappa shape index (κ1) is 16.5. The number of aryl methyl sites for hydroxylation is 1. The third-order valence-electron chi connectivity index (χ3n) is 3.52. The van der Waals surface area contributed by atoms with Crippen LogP contribution in [0.3, 0.4) is 0 Å². The first-order valence-electron chi connectivity index (χ1n) is 7.08. The van der Waals surface area contributed by atoms with Crippen LogP contribution in [0.5, 0.6) is 0 Å². The second kappa shape index (κ2) is 8.57. The van der Waals surface area contributed by atoms with Crippen LogP contribution in [0, 0.1) is 12.8 Å². The van der Waals surface area contributed by atoms with E-state index in [1.54, 1.807) is 7.11 Å². The van der Waals surface area contributed by atoms with Gasteiger partial charge in [0.25, 0.3) is 0 Å². The number of halogens is 1. The molecule has 0 amide bonds. The highest BCUT2D eigenvalue weighted by atomic mass is 35.5. The molecule has 108 valence electrons. The zero-order chi connectivity index (χ0) is 14.3. The van der Waals surface area contributed by atoms with Crippen molar-refractivity contribution in [2.75, 3.05) is 20.3 Å². The topological polar surface area (TPSA) is 21.3 Å². The fourth-order valence-electron chi connectivity index (χ4n) is 2.22. The summed E-state index contributed by atoms with van der Waals surface area (Å²) in [7, 11) is 1.75. The highest BCUT2D eigenvalue weighted by Crippen LogP contribution is 2.28. The number of hydrogen-bond donors (Lipinski definition) is 1. The third-order valence-corrected chi connectivity index (χ3v) is 3.92. The minimum absolute atomic E-state index is 0.341. The lowest BCUT2D eigenvalue weighted by Gasteiger charge is -2.26. The Morgan fingerprint density at radius 3 is 2.68 bits per heavy atom. The maximum Gasteiger partial charge on any atom is 0.0465 e. The average Bonchev–Trinajstić information content (AvgIpc) is 2.40. The number of methoxy groups -OCH3 is 1. The molecule has 1 aromatic carbocycles. The van der Waals surface area contributed by atoms with Gasteiger partial charge in [-0.1, -0.05) is 37.6 Å². The Bertz CT molecular complexity index is 381. The molecule has 0 fully saturated rings. The Labute approximate surface area is 122 Å². The maximum absolute atomic E-state index is 6.25. The molecule has 0 bridgehead atoms. The fourth-order valence-corrected chi connectivity index (χ4v) is 2.41. The van der Waals surface area contributed by atoms with Crippen LogP contribution in [0.1, 0.15) is 43.9 Å². The lowest BCUT2D eigenvalue weighted by molar-refractivity contribution is 0.170. The smallest absolute Gasteiger partial charge is 0.0465 e. The predicted molar refractivity (Wildman–Crippen MR) is 82.9 cm³/mol. The van der Waals surface area contributed by atoms with Crippen LogP contribution in [0.25, 0.3) is 0 Å². The van der Waals surface area contributed by atoms with Crippen molar-refractivity contribution in [2.24, 2.45) is 5.92 Å². The van der Waals surface area contributed by atoms with E-state index < -0.39 is 0 Å². The normalized spacial score (nSPS) is 14.4. The van der Waals surface area contributed by atoms with Gasteiger partial charge in [0.05, 0.1) is 0 Å². The Balaban J connectivity index is 2.84. The first-order valence-corrected chi connectivity index (χ1v) is 7.46. The molecule has 1 aromatic rings. The van der Waals surface area contributed by atoms with Gasteiger partial charge >= 0.3 is 0 Å². The van der Waals surface area contributed by atoms with Crippen molar-refractivity contribution in [1.82, 2.24) is 5.32 Å². The molecule has 0 saturated heterocycles. The molecule has 0 aliphatic rings. The minimum atomic E-state index is 0.341. The second-order valence-corrected chi connectivity index (χ2v) is 5.61. The zero-order valence-corrected chi connectivity index (χ0v) is 13.3. The molecule has 2 atom stereocenters. The van der Waals surface area contributed by atoms with Gasteiger partial charge in [0.2, 0.25) is 0 Å². The predicted octanol–water partition coefficient (Wildman–Crippen LogP) is 4.36. The summed E-state index contributed by atoms with van der Waals surface area (Å²) in [4.78, 5) is 0. The van der Waals surface area contributed by atoms with Crippen LogP contribution < -0.4 is 5.32 Å². The lowest BCUT2D eigenvalue weighted by Crippen LogP contribution is -2.28. The van der Waals surface area contributed by atoms with Crippen molar-refractivity contribution in [1.29, 1.82) is 0 Å². The molecule has 19 heavy (non-hydrogen) atoms. The van der Waals surface area contributed by atoms with E-state index in [9.17, 15) is 0 Å². The summed E-state index contributed by atoms with van der Waals surface area (Å²) in [5.74, 6) is 0.519. The molecule has 0 saturated carbocycles. The standard InChI is InChI=1S/C16H26ClNO/c1-5-9-18-16(13(3)8-10-19-4)14-7-6-12(2)15(17)11-14/h6-7,11,13,16,18H,5,8-10H2,1-4H3. The highest BCUT2D eigenvalue weighted by Gasteiger charge is 2.19. The van der Waals surface area contributed by atoms with Crippen molar-refractivity contribution >= 4 is 11.6 Å². The Morgan fingerprint density at radius 1 is 1.37 bits per heavy atom. The van der Waals surface area contributed by atoms with Gasteiger partial charge in [-0.05, 0) is 49.4 Å². The summed E-state index contributed by atoms with van der Waals surface area (Å²) in [5, 5.41) is 4.47. The fraction of sp³-hybridized carbons (Fsp3) is 0.625. The van der Waals surface area contributed by atoms with Crippen LogP contribution in [0.15, 0.2) is 18.2 Å². The van der Waals surface area contributed by atoms with Crippen molar-refractivity contribution in [3.63, 3.8) is 0 Å². The van der Waals surface area contributed by atoms with E-state index in [1.165, 1.54) is 5.56 Å². The Morgan fingerprint density at radius 2 is 2.11 bits per heavy atom. The first-order chi connectivity index (χ1) is 9.10. The number of rotatable bonds is 8. The zero-order valence-electron chi connectivity index (χ0n) is 12.5. The van der Waals surface area contributed by atoms with Gasteiger partial charge in [-0.15, -0.1) is 0 Å². The highest BCUT2D eigenvalue weighted by molar-refractivity contribution is 6.31. The van der Waals surface area contributed by atoms with Crippen LogP contribution in [-0.2, 0) is 4.74 Å². The third kappa shape index (κ3) is 5.13. The van der Waals surface area contributed by atoms with Gasteiger partial charge in [-0.3, -0.25) is 0 Å². The van der Waals surface area contributed by atoms with Gasteiger partial charge < -0.3 is 10.1 Å². The number of ether oxygens (including phenoxy) is 1. The lowest BCUT2D eigenvalue weighted by atomic mass is 9.91. The van der Waals surface area contributed by atoms with Crippen LogP contribution in [-0.4, -0.2) is 20.3 Å². The summed E-state index contributed by atoms with van der Waals surface area (Å²) in [6.07, 6.45) is 2.18. The van der Waals surface area contributed by atoms with Gasteiger partial charge in [0, 0.05) is 24.8 Å². The van der Waals surface area contributed by atoms with Crippen molar-refractivity contribution in [2.45, 2.75) is 39.7 Å². The number of nitrogens with one attached hydrogen (secondary N) is 1. The van der Waals surface area contributed by atoms with Crippen molar-refractivity contribution in [3.05, 3.63) is 34.3 Å². The van der Waals surface area contributed by atoms with Gasteiger partial charge in [-0.25, -0.2) is 0 Å². The molecule has 0 aromatic heterocycles. The largest absolute Gasteiger partial charge is 0.385 e. The molecule has 1 N–H and O–H groups in total. The molecule has 0 radical (unpaired) electrons. The molecular weight excluding hydrogens is 258 g/mol. The molecule has 3 heteroatoms. The molecule has 2 nitrogen and oxygen atoms in total. The summed E-state index contributed by atoms with van der Waals surface area (Å²) in [6.45, 7) is 8.31. The van der Waals surface area contributed by atoms with Gasteiger partial charge in [0.1, 0.15) is 0 Å². The minimum Gasteiger partial charge on any atom is -0.385 e. The van der Waals surface area contributed by atoms with E-state index in [4.69, 9.17) is 16.3 Å². The Kier molecular flexibility index (Phi) is 7.44. The summed E-state index contributed by atoms with van der Waals surface area (Å²) < 4.78 is 5.19. The molecule has 2 unspecified atom stereocenters. The van der Waals surface area contributed by atoms with E-state index >= 15 is 0 Å². The van der Waals surface area contributed by atoms with Crippen LogP contribution >= 0.6 is 11.6 Å². The van der Waals surface area contributed by atoms with Gasteiger partial charge in [-0.2, -0.15) is 0 Å². The quantitative estimate of drug-likeness (QED) is 0.765. The summed E-state index contributed by atoms with van der Waals surface area (Å²) in [6, 6.07) is 6.71. The van der Waals surface area contributed by atoms with Crippen LogP contribution in [0.2, 0.25) is 5.02 Å². The molecular formula is C16H26ClNO. The Hall–Kier alpha value is -0.570. The summed E-state index contributed by atoms with van der Waals surface area (Å²) >= 11 is 6.25. The molecule has 0 spiro atoms. The van der Waals surface area contributed by atoms with E-state index in [2.05, 4.69) is 37.4 Å². The number of hydrogen-bond acceptors (Lipinski definition) is 2. The molecule has 0 heterocycles. The van der Waals surface area contributed by atoms with Crippen molar-refractivity contribution < 1.29 is 4.74 Å². The second-order valence-electron chi connectivity index (χ2n) is 5.20. The monoisotopic (exact) mass is 283 g/mol. The number of benzene rings is 1. The molecule has 0 aliphatic heterocycles. The van der Waals surface area contributed by atoms with Crippen LogP contribution in [0.4, 0.5) is 0 Å². The van der Waals surface area contributed by atoms with E-state index in [-0.39, 0.29) is 0 Å². The maximum atomic E-state index is 6.25. The van der Waals surface area contributed by atoms with Gasteiger partial charge in [0.15, 0.2) is 0 Å². The SMILES string of the molecule is CCCNC(c1ccc(C)c(Cl)c1)C(C)CCOC.